The molecule has 1 unspecified atom stereocenters. The lowest BCUT2D eigenvalue weighted by Crippen LogP contribution is -2.18. The number of carbonyl (C=O) groups is 6. The average Bonchev–Trinajstić information content (AvgIpc) is 0.926. The van der Waals surface area contributed by atoms with Gasteiger partial charge in [0.2, 0.25) is 0 Å². The van der Waals surface area contributed by atoms with E-state index in [0.29, 0.717) is 70.6 Å². The molecule has 0 aliphatic carbocycles. The minimum atomic E-state index is 0.139. The molecular weight excluding hydrogens is 1470 g/mol. The van der Waals surface area contributed by atoms with Crippen LogP contribution in [0.5, 0.6) is 0 Å². The first-order valence-corrected chi connectivity index (χ1v) is 46.9. The lowest BCUT2D eigenvalue weighted by Gasteiger charge is -2.20. The number of ketones is 6. The van der Waals surface area contributed by atoms with Crippen molar-refractivity contribution >= 4 is 141 Å². The van der Waals surface area contributed by atoms with Gasteiger partial charge < -0.3 is 9.90 Å². The Balaban J connectivity index is -0.000000138. The summed E-state index contributed by atoms with van der Waals surface area (Å²) in [5.74, 6) is 8.24. The third-order valence-electron chi connectivity index (χ3n) is 11.2. The van der Waals surface area contributed by atoms with E-state index in [1.54, 1.807) is 88.6 Å². The minimum Gasteiger partial charge on any atom is -0.396 e. The molecule has 0 aliphatic heterocycles. The SMILES string of the molecule is CC(=O)C(C)SC(C)(C)C.CC(=O)CCC(C)(C)C.CC(=O)CCSC(C)(C)C.CC(=O)CSC(C)(C)C.CC(=O)CSC(C)(C)C.CC(=O)CSC(C)(C)C.CC(C)(C)CCCCO.CC(C)(C)SCc1ccccc1.CC(C)(C)Sc1ccccc1.CCCCSC(C)(C)C.CCCSC(C)(C)C. The monoisotopic (exact) mass is 1640 g/mol. The van der Waals surface area contributed by atoms with Gasteiger partial charge in [-0.1, -0.05) is 304 Å². The van der Waals surface area contributed by atoms with Crippen LogP contribution in [0.1, 0.15) is 354 Å². The average molecular weight is 1640 g/mol. The van der Waals surface area contributed by atoms with Crippen LogP contribution in [0.4, 0.5) is 0 Å². The molecule has 2 aromatic carbocycles. The van der Waals surface area contributed by atoms with Crippen molar-refractivity contribution in [2.45, 2.75) is 407 Å². The summed E-state index contributed by atoms with van der Waals surface area (Å²) in [4.78, 5) is 64.6. The van der Waals surface area contributed by atoms with Crippen molar-refractivity contribution in [3.63, 3.8) is 0 Å². The van der Waals surface area contributed by atoms with Gasteiger partial charge in [-0.25, -0.2) is 0 Å². The van der Waals surface area contributed by atoms with E-state index in [1.807, 2.05) is 60.0 Å². The highest BCUT2D eigenvalue weighted by Gasteiger charge is 2.19. The summed E-state index contributed by atoms with van der Waals surface area (Å²) in [6.07, 6.45) is 9.74. The van der Waals surface area contributed by atoms with Crippen molar-refractivity contribution in [2.24, 2.45) is 10.8 Å². The van der Waals surface area contributed by atoms with Crippen LogP contribution in [0.3, 0.4) is 0 Å². The fraction of sp³-hybridized carbons (Fsp3) is 0.798. The van der Waals surface area contributed by atoms with Crippen LogP contribution in [0.25, 0.3) is 0 Å². The van der Waals surface area contributed by atoms with Gasteiger partial charge in [0.1, 0.15) is 34.7 Å². The molecule has 624 valence electrons. The van der Waals surface area contributed by atoms with Gasteiger partial charge in [-0.2, -0.15) is 47.0 Å². The summed E-state index contributed by atoms with van der Waals surface area (Å²) < 4.78 is 2.81. The highest BCUT2D eigenvalue weighted by molar-refractivity contribution is 8.02. The molecule has 7 nitrogen and oxygen atoms in total. The number of aliphatic hydroxyl groups is 1. The smallest absolute Gasteiger partial charge is 0.142 e. The molecule has 16 heteroatoms. The summed E-state index contributed by atoms with van der Waals surface area (Å²) in [5.41, 5.74) is 2.17. The van der Waals surface area contributed by atoms with E-state index < -0.39 is 0 Å². The molecule has 0 saturated carbocycles. The molecule has 1 N–H and O–H groups in total. The maximum atomic E-state index is 10.8. The molecule has 0 bridgehead atoms. The summed E-state index contributed by atoms with van der Waals surface area (Å²) in [7, 11) is 0. The van der Waals surface area contributed by atoms with Crippen molar-refractivity contribution in [1.29, 1.82) is 0 Å². The van der Waals surface area contributed by atoms with E-state index in [1.165, 1.54) is 47.6 Å². The predicted molar refractivity (Wildman–Crippen MR) is 503 cm³/mol. The second-order valence-corrected chi connectivity index (χ2v) is 54.4. The number of rotatable bonds is 24. The van der Waals surface area contributed by atoms with Crippen LogP contribution in [0.2, 0.25) is 0 Å². The first-order chi connectivity index (χ1) is 46.7. The van der Waals surface area contributed by atoms with E-state index >= 15 is 0 Å². The van der Waals surface area contributed by atoms with Gasteiger partial charge in [0.25, 0.3) is 0 Å². The van der Waals surface area contributed by atoms with Crippen LogP contribution in [0.15, 0.2) is 65.6 Å². The first-order valence-electron chi connectivity index (χ1n) is 38.3. The molecule has 0 spiro atoms. The zero-order valence-electron chi connectivity index (χ0n) is 76.4. The molecule has 105 heavy (non-hydrogen) atoms. The Labute approximate surface area is 694 Å². The number of hydrogen-bond donors (Lipinski definition) is 1. The van der Waals surface area contributed by atoms with Crippen molar-refractivity contribution < 1.29 is 33.9 Å². The number of Topliss-reactive ketones (excluding diaryl/α,β-unsaturated/α-hetero) is 6. The molecular formula is C89H172O7S9. The Bertz CT molecular complexity index is 2260. The topological polar surface area (TPSA) is 123 Å². The summed E-state index contributed by atoms with van der Waals surface area (Å²) in [6, 6.07) is 21.1. The maximum absolute atomic E-state index is 10.8. The van der Waals surface area contributed by atoms with Gasteiger partial charge in [0.15, 0.2) is 0 Å². The number of aliphatic hydroxyl groups excluding tert-OH is 1. The lowest BCUT2D eigenvalue weighted by atomic mass is 9.90. The predicted octanol–water partition coefficient (Wildman–Crippen LogP) is 29.5. The van der Waals surface area contributed by atoms with Crippen molar-refractivity contribution in [1.82, 2.24) is 0 Å². The summed E-state index contributed by atoms with van der Waals surface area (Å²) >= 11 is 16.6. The standard InChI is InChI=1S/C11H16S.C10H14S.2C8H16OS.C8H16O.C8H18O.C8H18S.3C7H14OS.C7H16S/c1-11(2,3)12-9-10-7-5-4-6-8-10;1-10(2,3)11-9-7-5-4-6-8-9;1-7(9)5-6-10-8(2,3)4;1-6(9)7(2)10-8(3,4)5;1-7(9)5-6-8(2,3)4;1-8(2,3)6-4-5-7-9;1-5-6-7-9-8(2,3)4;3*1-6(8)5-9-7(2,3)4;1-5-6-8-7(2,3)4/h4-8H,9H2,1-3H3;4-8H,1-3H3;5-6H2,1-4H3;7H,1-5H3;5-6H2,1-4H3;9H,4-7H2,1-3H3;5-7H2,1-4H3;3*5H2,1-4H3;5-6H2,1-4H3. The second kappa shape index (κ2) is 65.9. The van der Waals surface area contributed by atoms with Crippen LogP contribution < -0.4 is 0 Å². The lowest BCUT2D eigenvalue weighted by molar-refractivity contribution is -0.118. The number of carbonyl (C=O) groups excluding carboxylic acids is 6. The molecule has 0 radical (unpaired) electrons. The molecule has 0 amide bonds. The molecule has 0 aliphatic rings. The Morgan fingerprint density at radius 3 is 0.886 bits per heavy atom. The maximum Gasteiger partial charge on any atom is 0.142 e. The van der Waals surface area contributed by atoms with Crippen LogP contribution in [-0.4, -0.2) is 129 Å². The first kappa shape index (κ1) is 123. The van der Waals surface area contributed by atoms with E-state index in [9.17, 15) is 28.8 Å². The fourth-order valence-corrected chi connectivity index (χ4v) is 13.8. The Morgan fingerprint density at radius 2 is 0.667 bits per heavy atom. The molecule has 2 rings (SSSR count). The molecule has 0 saturated heterocycles. The Kier molecular flexibility index (Phi) is 77.1. The highest BCUT2D eigenvalue weighted by Crippen LogP contribution is 2.33. The van der Waals surface area contributed by atoms with Crippen molar-refractivity contribution in [3.8, 4) is 0 Å². The van der Waals surface area contributed by atoms with Crippen LogP contribution in [-0.2, 0) is 34.5 Å². The molecule has 2 aromatic rings. The molecule has 0 fully saturated rings. The third kappa shape index (κ3) is 153. The van der Waals surface area contributed by atoms with Gasteiger partial charge in [0.05, 0.1) is 22.5 Å². The molecule has 0 aromatic heterocycles. The zero-order chi connectivity index (χ0) is 85.2. The highest BCUT2D eigenvalue weighted by atomic mass is 32.2. The van der Waals surface area contributed by atoms with Gasteiger partial charge >= 0.3 is 0 Å². The van der Waals surface area contributed by atoms with Gasteiger partial charge in [-0.15, -0.1) is 58.8 Å². The number of hydrogen-bond acceptors (Lipinski definition) is 16. The Morgan fingerprint density at radius 1 is 0.343 bits per heavy atom. The van der Waals surface area contributed by atoms with Gasteiger partial charge in [-0.3, -0.25) is 24.0 Å². The van der Waals surface area contributed by atoms with E-state index in [-0.39, 0.29) is 53.2 Å². The minimum absolute atomic E-state index is 0.139. The van der Waals surface area contributed by atoms with Crippen molar-refractivity contribution in [3.05, 3.63) is 66.2 Å². The summed E-state index contributed by atoms with van der Waals surface area (Å²) in [6.45, 7) is 88.6. The number of thioether (sulfide) groups is 9. The number of benzene rings is 2. The third-order valence-corrected chi connectivity index (χ3v) is 23.5. The van der Waals surface area contributed by atoms with E-state index in [0.717, 1.165) is 37.2 Å². The molecule has 0 heterocycles. The quantitative estimate of drug-likeness (QED) is 0.0791. The zero-order valence-corrected chi connectivity index (χ0v) is 83.8. The van der Waals surface area contributed by atoms with Crippen LogP contribution in [0, 0.1) is 10.8 Å². The van der Waals surface area contributed by atoms with Crippen molar-refractivity contribution in [2.75, 3.05) is 41.1 Å². The second-order valence-electron chi connectivity index (χ2n) is 37.4. The van der Waals surface area contributed by atoms with Gasteiger partial charge in [-0.05, 0) is 121 Å². The van der Waals surface area contributed by atoms with Gasteiger partial charge in [0, 0.05) is 78.6 Å². The fourth-order valence-electron chi connectivity index (χ4n) is 6.03. The number of unbranched alkanes of at least 4 members (excludes halogenated alkanes) is 2. The van der Waals surface area contributed by atoms with E-state index in [2.05, 4.69) is 309 Å². The van der Waals surface area contributed by atoms with E-state index in [4.69, 9.17) is 5.11 Å². The summed E-state index contributed by atoms with van der Waals surface area (Å²) in [5, 5.41) is 8.60. The molecule has 1 atom stereocenters. The van der Waals surface area contributed by atoms with Crippen LogP contribution >= 0.6 is 106 Å². The normalized spacial score (nSPS) is 12.0. The Hall–Kier alpha value is -0.430. The largest absolute Gasteiger partial charge is 0.396 e.